The van der Waals surface area contributed by atoms with E-state index in [2.05, 4.69) is 12.2 Å². The minimum atomic E-state index is -0.996. The fraction of sp³-hybridized carbons (Fsp3) is 0.821. The number of carboxylic acids is 1. The van der Waals surface area contributed by atoms with E-state index in [1.165, 1.54) is 0 Å². The van der Waals surface area contributed by atoms with Gasteiger partial charge in [0.1, 0.15) is 12.7 Å². The summed E-state index contributed by atoms with van der Waals surface area (Å²) in [4.78, 5) is 34.7. The van der Waals surface area contributed by atoms with Crippen LogP contribution in [0.25, 0.3) is 0 Å². The molecule has 206 valence electrons. The van der Waals surface area contributed by atoms with Crippen molar-refractivity contribution in [2.45, 2.75) is 95.9 Å². The maximum atomic E-state index is 12.3. The molecule has 9 atom stereocenters. The highest BCUT2D eigenvalue weighted by atomic mass is 16.6. The third-order valence-corrected chi connectivity index (χ3v) is 11.1. The van der Waals surface area contributed by atoms with E-state index in [0.29, 0.717) is 25.2 Å². The number of carboxylic acid groups (broad SMARTS) is 1. The smallest absolute Gasteiger partial charge is 0.407 e. The van der Waals surface area contributed by atoms with Gasteiger partial charge in [0.2, 0.25) is 0 Å². The Morgan fingerprint density at radius 2 is 1.92 bits per heavy atom. The Labute approximate surface area is 218 Å². The number of alkyl carbamates (subject to hydrolysis) is 1. The van der Waals surface area contributed by atoms with Gasteiger partial charge >= 0.3 is 18.0 Å². The van der Waals surface area contributed by atoms with Crippen molar-refractivity contribution >= 4 is 18.0 Å². The molecule has 4 saturated carbocycles. The summed E-state index contributed by atoms with van der Waals surface area (Å²) in [7, 11) is 0. The van der Waals surface area contributed by atoms with Gasteiger partial charge in [-0.15, -0.1) is 0 Å². The maximum Gasteiger partial charge on any atom is 0.407 e. The molecule has 1 amide bonds. The van der Waals surface area contributed by atoms with E-state index in [1.54, 1.807) is 6.08 Å². The molecule has 0 aromatic carbocycles. The Balaban J connectivity index is 1.26. The number of fused-ring (bicyclic) bond motifs is 5. The van der Waals surface area contributed by atoms with Crippen LogP contribution in [0, 0.1) is 34.5 Å². The fourth-order valence-electron chi connectivity index (χ4n) is 9.08. The van der Waals surface area contributed by atoms with Crippen molar-refractivity contribution in [3.8, 4) is 0 Å². The van der Waals surface area contributed by atoms with Crippen LogP contribution in [-0.4, -0.2) is 64.3 Å². The maximum absolute atomic E-state index is 12.3. The molecule has 0 unspecified atom stereocenters. The Hall–Kier alpha value is -2.13. The normalized spacial score (nSPS) is 44.6. The monoisotopic (exact) mass is 519 g/mol. The number of aliphatic carboxylic acids is 1. The molecule has 1 aliphatic heterocycles. The van der Waals surface area contributed by atoms with Crippen molar-refractivity contribution in [2.24, 2.45) is 34.5 Å². The number of ether oxygens (including phenoxy) is 2. The van der Waals surface area contributed by atoms with Crippen LogP contribution >= 0.6 is 0 Å². The number of esters is 1. The number of hydrogen-bond donors (Lipinski definition) is 4. The van der Waals surface area contributed by atoms with Gasteiger partial charge in [-0.2, -0.15) is 0 Å². The minimum Gasteiger partial charge on any atom is -0.481 e. The van der Waals surface area contributed by atoms with E-state index in [9.17, 15) is 24.6 Å². The molecule has 4 N–H and O–H groups in total. The quantitative estimate of drug-likeness (QED) is 0.310. The summed E-state index contributed by atoms with van der Waals surface area (Å²) in [6.07, 6.45) is 6.76. The average Bonchev–Trinajstić information content (AvgIpc) is 3.39. The molecule has 4 aliphatic carbocycles. The highest BCUT2D eigenvalue weighted by molar-refractivity contribution is 5.85. The van der Waals surface area contributed by atoms with Gasteiger partial charge in [-0.25, -0.2) is 9.59 Å². The molecule has 4 fully saturated rings. The zero-order valence-electron chi connectivity index (χ0n) is 21.9. The summed E-state index contributed by atoms with van der Waals surface area (Å²) >= 11 is 0. The molecule has 37 heavy (non-hydrogen) atoms. The predicted molar refractivity (Wildman–Crippen MR) is 132 cm³/mol. The van der Waals surface area contributed by atoms with Gasteiger partial charge in [0.25, 0.3) is 0 Å². The summed E-state index contributed by atoms with van der Waals surface area (Å²) in [6.45, 7) is 4.85. The van der Waals surface area contributed by atoms with Gasteiger partial charge in [0, 0.05) is 24.5 Å². The Morgan fingerprint density at radius 1 is 1.14 bits per heavy atom. The van der Waals surface area contributed by atoms with Crippen molar-refractivity contribution in [1.82, 2.24) is 5.32 Å². The third kappa shape index (κ3) is 4.26. The number of aliphatic hydroxyl groups is 2. The lowest BCUT2D eigenvalue weighted by molar-refractivity contribution is -0.244. The second-order valence-corrected chi connectivity index (χ2v) is 12.6. The Kier molecular flexibility index (Phi) is 6.84. The second-order valence-electron chi connectivity index (χ2n) is 12.6. The molecule has 5 aliphatic rings. The molecule has 0 radical (unpaired) electrons. The molecule has 0 bridgehead atoms. The van der Waals surface area contributed by atoms with Crippen LogP contribution in [0.1, 0.15) is 78.1 Å². The standard InChI is InChI=1S/C28H41NO8/c1-26-9-7-18(37-25(34)29-11-3-4-23(31)32)13-17(26)5-6-20-21(26)14-22(30)27(2)19(8-10-28(20,27)35)16-12-24(33)36-15-16/h12,17-22,30,35H,3-11,13-15H2,1-2H3,(H,29,34)(H,31,32)/t17-,18-,19-,20-,21-,22-,26-,27-,28-/m1/s1. The lowest BCUT2D eigenvalue weighted by Crippen LogP contribution is -2.67. The van der Waals surface area contributed by atoms with Gasteiger partial charge in [0.05, 0.1) is 11.7 Å². The van der Waals surface area contributed by atoms with Crippen molar-refractivity contribution in [1.29, 1.82) is 0 Å². The summed E-state index contributed by atoms with van der Waals surface area (Å²) < 4.78 is 10.9. The Bertz CT molecular complexity index is 981. The largest absolute Gasteiger partial charge is 0.481 e. The van der Waals surface area contributed by atoms with Gasteiger partial charge in [0.15, 0.2) is 0 Å². The average molecular weight is 520 g/mol. The molecule has 0 spiro atoms. The van der Waals surface area contributed by atoms with Gasteiger partial charge in [-0.05, 0) is 92.4 Å². The van der Waals surface area contributed by atoms with E-state index in [0.717, 1.165) is 44.1 Å². The summed E-state index contributed by atoms with van der Waals surface area (Å²) in [5.74, 6) is -0.682. The lowest BCUT2D eigenvalue weighted by atomic mass is 9.42. The first-order valence-corrected chi connectivity index (χ1v) is 13.9. The van der Waals surface area contributed by atoms with E-state index >= 15 is 0 Å². The number of carbonyl (C=O) groups excluding carboxylic acids is 2. The van der Waals surface area contributed by atoms with E-state index in [-0.39, 0.29) is 54.8 Å². The molecular formula is C28H41NO8. The fourth-order valence-corrected chi connectivity index (χ4v) is 9.08. The minimum absolute atomic E-state index is 0.00812. The first kappa shape index (κ1) is 26.5. The van der Waals surface area contributed by atoms with E-state index in [1.807, 2.05) is 6.92 Å². The zero-order valence-corrected chi connectivity index (χ0v) is 21.9. The summed E-state index contributed by atoms with van der Waals surface area (Å²) in [5, 5.41) is 35.3. The highest BCUT2D eigenvalue weighted by Crippen LogP contribution is 2.70. The number of carbonyl (C=O) groups is 3. The number of rotatable bonds is 6. The number of hydrogen-bond acceptors (Lipinski definition) is 7. The lowest BCUT2D eigenvalue weighted by Gasteiger charge is -2.65. The molecule has 1 heterocycles. The Morgan fingerprint density at radius 3 is 2.62 bits per heavy atom. The highest BCUT2D eigenvalue weighted by Gasteiger charge is 2.70. The van der Waals surface area contributed by atoms with Gasteiger partial charge in [-0.3, -0.25) is 4.79 Å². The molecular weight excluding hydrogens is 478 g/mol. The van der Waals surface area contributed by atoms with Crippen molar-refractivity contribution in [2.75, 3.05) is 13.2 Å². The first-order valence-electron chi connectivity index (χ1n) is 13.9. The third-order valence-electron chi connectivity index (χ3n) is 11.1. The van der Waals surface area contributed by atoms with Gasteiger partial charge in [-0.1, -0.05) is 13.8 Å². The summed E-state index contributed by atoms with van der Waals surface area (Å²) in [6, 6.07) is 0. The van der Waals surface area contributed by atoms with Crippen LogP contribution in [0.4, 0.5) is 4.79 Å². The van der Waals surface area contributed by atoms with Crippen LogP contribution in [0.2, 0.25) is 0 Å². The van der Waals surface area contributed by atoms with E-state index < -0.39 is 29.2 Å². The number of aliphatic hydroxyl groups excluding tert-OH is 1. The second kappa shape index (κ2) is 9.56. The number of amides is 1. The van der Waals surface area contributed by atoms with Crippen LogP contribution in [0.3, 0.4) is 0 Å². The van der Waals surface area contributed by atoms with Crippen molar-refractivity contribution in [3.05, 3.63) is 11.6 Å². The molecule has 5 rings (SSSR count). The van der Waals surface area contributed by atoms with Crippen LogP contribution in [0.15, 0.2) is 11.6 Å². The molecule has 0 aromatic heterocycles. The van der Waals surface area contributed by atoms with Crippen LogP contribution in [-0.2, 0) is 19.1 Å². The number of nitrogens with one attached hydrogen (secondary N) is 1. The van der Waals surface area contributed by atoms with Crippen LogP contribution < -0.4 is 5.32 Å². The molecule has 9 heteroatoms. The summed E-state index contributed by atoms with van der Waals surface area (Å²) in [5.41, 5.74) is -0.859. The number of cyclic esters (lactones) is 1. The van der Waals surface area contributed by atoms with E-state index in [4.69, 9.17) is 14.6 Å². The SMILES string of the molecule is C[C@@]12CC[C@@H](OC(=O)NCCCC(=O)O)C[C@H]1CC[C@@H]1[C@H]2C[C@@H](O)[C@@]2(C)[C@@H](C3=CC(=O)OC3)CC[C@@]12O. The topological polar surface area (TPSA) is 142 Å². The predicted octanol–water partition coefficient (Wildman–Crippen LogP) is 3.17. The van der Waals surface area contributed by atoms with Crippen LogP contribution in [0.5, 0.6) is 0 Å². The molecule has 0 saturated heterocycles. The molecule has 9 nitrogen and oxygen atoms in total. The first-order chi connectivity index (χ1) is 17.5. The molecule has 0 aromatic rings. The zero-order chi connectivity index (χ0) is 26.6. The van der Waals surface area contributed by atoms with Crippen molar-refractivity contribution < 1.29 is 39.2 Å². The van der Waals surface area contributed by atoms with Crippen molar-refractivity contribution in [3.63, 3.8) is 0 Å². The van der Waals surface area contributed by atoms with Gasteiger partial charge < -0.3 is 30.1 Å².